The maximum atomic E-state index is 12.9. The summed E-state index contributed by atoms with van der Waals surface area (Å²) < 4.78 is 7.49. The quantitative estimate of drug-likeness (QED) is 0.417. The summed E-state index contributed by atoms with van der Waals surface area (Å²) in [5.41, 5.74) is 3.71. The van der Waals surface area contributed by atoms with Gasteiger partial charge in [-0.3, -0.25) is 4.79 Å². The van der Waals surface area contributed by atoms with E-state index in [1.165, 1.54) is 6.07 Å². The number of pyridine rings is 1. The number of anilines is 1. The van der Waals surface area contributed by atoms with Crippen molar-refractivity contribution in [3.05, 3.63) is 118 Å². The molecule has 6 nitrogen and oxygen atoms in total. The molecular weight excluding hydrogens is 424 g/mol. The van der Waals surface area contributed by atoms with Crippen LogP contribution in [0.5, 0.6) is 5.75 Å². The molecular formula is C28H26N4O2. The molecule has 2 aromatic heterocycles. The second-order valence-corrected chi connectivity index (χ2v) is 7.81. The van der Waals surface area contributed by atoms with Gasteiger partial charge in [-0.1, -0.05) is 42.2 Å². The number of hydrogen-bond acceptors (Lipinski definition) is 5. The van der Waals surface area contributed by atoms with E-state index >= 15 is 0 Å². The lowest BCUT2D eigenvalue weighted by Gasteiger charge is -2.19. The fraction of sp³-hybridized carbons (Fsp3) is 0.179. The van der Waals surface area contributed by atoms with Gasteiger partial charge in [-0.05, 0) is 55.8 Å². The van der Waals surface area contributed by atoms with Crippen LogP contribution >= 0.6 is 0 Å². The first-order valence-corrected chi connectivity index (χ1v) is 11.1. The molecule has 2 aromatic carbocycles. The van der Waals surface area contributed by atoms with Crippen LogP contribution in [0.25, 0.3) is 0 Å². The first-order valence-electron chi connectivity index (χ1n) is 11.1. The lowest BCUT2D eigenvalue weighted by atomic mass is 10.1. The number of ether oxygens (including phenoxy) is 1. The predicted octanol–water partition coefficient (Wildman–Crippen LogP) is 4.60. The molecule has 1 unspecified atom stereocenters. The predicted molar refractivity (Wildman–Crippen MR) is 134 cm³/mol. The number of aryl methyl sites for hydroxylation is 1. The Kier molecular flexibility index (Phi) is 7.36. The largest absolute Gasteiger partial charge is 0.485 e. The maximum Gasteiger partial charge on any atom is 0.254 e. The third-order valence-corrected chi connectivity index (χ3v) is 5.39. The number of nitrogens with zero attached hydrogens (tertiary/aromatic N) is 3. The van der Waals surface area contributed by atoms with Crippen LogP contribution in [0.4, 0.5) is 5.69 Å². The molecule has 0 bridgehead atoms. The van der Waals surface area contributed by atoms with Gasteiger partial charge in [0.2, 0.25) is 0 Å². The minimum Gasteiger partial charge on any atom is -0.485 e. The highest BCUT2D eigenvalue weighted by molar-refractivity contribution is 5.45. The van der Waals surface area contributed by atoms with Crippen LogP contribution in [-0.4, -0.2) is 21.1 Å². The number of aromatic nitrogens is 3. The van der Waals surface area contributed by atoms with Crippen molar-refractivity contribution in [3.8, 4) is 17.6 Å². The summed E-state index contributed by atoms with van der Waals surface area (Å²) >= 11 is 0. The highest BCUT2D eigenvalue weighted by Crippen LogP contribution is 2.21. The average molecular weight is 451 g/mol. The zero-order valence-corrected chi connectivity index (χ0v) is 19.2. The summed E-state index contributed by atoms with van der Waals surface area (Å²) in [6.07, 6.45) is 3.32. The Bertz CT molecular complexity index is 1340. The summed E-state index contributed by atoms with van der Waals surface area (Å²) in [6, 6.07) is 23.0. The number of benzene rings is 2. The zero-order valence-electron chi connectivity index (χ0n) is 19.2. The van der Waals surface area contributed by atoms with Crippen LogP contribution in [0, 0.1) is 18.8 Å². The first kappa shape index (κ1) is 22.8. The Hall–Kier alpha value is -4.37. The molecule has 170 valence electrons. The zero-order chi connectivity index (χ0) is 23.8. The Balaban J connectivity index is 1.40. The minimum absolute atomic E-state index is 0.118. The third-order valence-electron chi connectivity index (χ3n) is 5.39. The molecule has 1 N–H and O–H groups in total. The first-order chi connectivity index (χ1) is 16.6. The van der Waals surface area contributed by atoms with Gasteiger partial charge in [0.15, 0.2) is 5.82 Å². The van der Waals surface area contributed by atoms with Crippen LogP contribution in [0.3, 0.4) is 0 Å². The monoisotopic (exact) mass is 450 g/mol. The van der Waals surface area contributed by atoms with E-state index in [2.05, 4.69) is 27.1 Å². The van der Waals surface area contributed by atoms with Gasteiger partial charge in [0.1, 0.15) is 12.4 Å². The molecule has 0 fully saturated rings. The fourth-order valence-corrected chi connectivity index (χ4v) is 3.66. The van der Waals surface area contributed by atoms with Crippen molar-refractivity contribution in [1.29, 1.82) is 0 Å². The van der Waals surface area contributed by atoms with E-state index in [0.29, 0.717) is 18.1 Å². The molecule has 0 aliphatic heterocycles. The Labute approximate surface area is 199 Å². The van der Waals surface area contributed by atoms with E-state index in [1.807, 2.05) is 74.5 Å². The molecule has 0 spiro atoms. The normalized spacial score (nSPS) is 11.2. The topological polar surface area (TPSA) is 69.0 Å². The van der Waals surface area contributed by atoms with E-state index in [4.69, 9.17) is 4.74 Å². The van der Waals surface area contributed by atoms with E-state index in [0.717, 1.165) is 22.5 Å². The second kappa shape index (κ2) is 11.0. The van der Waals surface area contributed by atoms with Gasteiger partial charge < -0.3 is 14.6 Å². The molecule has 0 saturated carbocycles. The number of nitrogens with one attached hydrogen (secondary N) is 1. The molecule has 34 heavy (non-hydrogen) atoms. The van der Waals surface area contributed by atoms with Crippen molar-refractivity contribution >= 4 is 5.69 Å². The van der Waals surface area contributed by atoms with Gasteiger partial charge >= 0.3 is 0 Å². The summed E-state index contributed by atoms with van der Waals surface area (Å²) in [6.45, 7) is 4.70. The van der Waals surface area contributed by atoms with Crippen molar-refractivity contribution in [1.82, 2.24) is 14.5 Å². The highest BCUT2D eigenvalue weighted by Gasteiger charge is 2.13. The molecule has 0 aliphatic carbocycles. The molecule has 4 aromatic rings. The summed E-state index contributed by atoms with van der Waals surface area (Å²) in [5.74, 6) is 7.38. The average Bonchev–Trinajstić information content (AvgIpc) is 2.86. The maximum absolute atomic E-state index is 12.9. The molecule has 4 rings (SSSR count). The molecule has 2 heterocycles. The van der Waals surface area contributed by atoms with E-state index in [9.17, 15) is 4.79 Å². The van der Waals surface area contributed by atoms with Crippen molar-refractivity contribution < 1.29 is 4.74 Å². The number of hydrogen-bond donors (Lipinski definition) is 1. The van der Waals surface area contributed by atoms with Gasteiger partial charge in [0.05, 0.1) is 12.6 Å². The van der Waals surface area contributed by atoms with Crippen LogP contribution in [0.1, 0.15) is 35.6 Å². The molecule has 0 saturated heterocycles. The molecule has 0 amide bonds. The lowest BCUT2D eigenvalue weighted by Crippen LogP contribution is -2.25. The summed E-state index contributed by atoms with van der Waals surface area (Å²) in [7, 11) is 0. The van der Waals surface area contributed by atoms with Crippen molar-refractivity contribution in [2.75, 3.05) is 11.9 Å². The van der Waals surface area contributed by atoms with Crippen LogP contribution < -0.4 is 15.6 Å². The molecule has 6 heteroatoms. The van der Waals surface area contributed by atoms with Gasteiger partial charge in [-0.15, -0.1) is 0 Å². The Morgan fingerprint density at radius 1 is 1.00 bits per heavy atom. The van der Waals surface area contributed by atoms with Gasteiger partial charge in [0.25, 0.3) is 5.56 Å². The van der Waals surface area contributed by atoms with Crippen molar-refractivity contribution in [2.45, 2.75) is 26.5 Å². The molecule has 0 radical (unpaired) electrons. The van der Waals surface area contributed by atoms with E-state index < -0.39 is 0 Å². The Morgan fingerprint density at radius 3 is 2.44 bits per heavy atom. The van der Waals surface area contributed by atoms with Crippen molar-refractivity contribution in [2.24, 2.45) is 0 Å². The highest BCUT2D eigenvalue weighted by atomic mass is 16.5. The van der Waals surface area contributed by atoms with E-state index in [-0.39, 0.29) is 18.2 Å². The third kappa shape index (κ3) is 5.90. The second-order valence-electron chi connectivity index (χ2n) is 7.81. The van der Waals surface area contributed by atoms with Gasteiger partial charge in [-0.2, -0.15) is 0 Å². The molecule has 1 atom stereocenters. The van der Waals surface area contributed by atoms with Crippen LogP contribution in [0.15, 0.2) is 90.0 Å². The van der Waals surface area contributed by atoms with Crippen LogP contribution in [0.2, 0.25) is 0 Å². The number of rotatable bonds is 7. The smallest absolute Gasteiger partial charge is 0.254 e. The fourth-order valence-electron chi connectivity index (χ4n) is 3.66. The standard InChI is InChI=1S/C28H26N4O2/c1-21-18-26(34-20-27-30-16-7-17-31-27)19-28(33)32(21)22(2)24-13-11-23(12-14-24)8-6-15-29-25-9-4-3-5-10-25/h3-5,7,9-14,16-19,22,29H,15,20H2,1-2H3. The van der Waals surface area contributed by atoms with Gasteiger partial charge in [-0.25, -0.2) is 9.97 Å². The minimum atomic E-state index is -0.124. The molecule has 0 aliphatic rings. The summed E-state index contributed by atoms with van der Waals surface area (Å²) in [4.78, 5) is 21.1. The number of para-hydroxylation sites is 1. The Morgan fingerprint density at radius 2 is 1.74 bits per heavy atom. The van der Waals surface area contributed by atoms with Gasteiger partial charge in [0, 0.05) is 35.4 Å². The van der Waals surface area contributed by atoms with E-state index in [1.54, 1.807) is 23.0 Å². The van der Waals surface area contributed by atoms with Crippen LogP contribution in [-0.2, 0) is 6.61 Å². The van der Waals surface area contributed by atoms with Crippen molar-refractivity contribution in [3.63, 3.8) is 0 Å². The SMILES string of the molecule is Cc1cc(OCc2ncccn2)cc(=O)n1C(C)c1ccc(C#CCNc2ccccc2)cc1. The summed E-state index contributed by atoms with van der Waals surface area (Å²) in [5, 5.41) is 3.27. The lowest BCUT2D eigenvalue weighted by molar-refractivity contribution is 0.294.